The number of nitrogens with one attached hydrogen (secondary N) is 2. The smallest absolute Gasteiger partial charge is 0.288 e. The first kappa shape index (κ1) is 18.2. The highest BCUT2D eigenvalue weighted by molar-refractivity contribution is 7.99. The molecule has 0 bridgehead atoms. The third-order valence-corrected chi connectivity index (χ3v) is 4.34. The highest BCUT2D eigenvalue weighted by Gasteiger charge is 2.14. The molecule has 2 N–H and O–H groups in total. The van der Waals surface area contributed by atoms with Crippen molar-refractivity contribution in [2.24, 2.45) is 0 Å². The highest BCUT2D eigenvalue weighted by Crippen LogP contribution is 2.26. The number of alkyl halides is 2. The van der Waals surface area contributed by atoms with Gasteiger partial charge in [0.05, 0.1) is 0 Å². The largest absolute Gasteiger partial charge is 0.441 e. The summed E-state index contributed by atoms with van der Waals surface area (Å²) in [6.45, 7) is 3.50. The van der Waals surface area contributed by atoms with Crippen molar-refractivity contribution in [3.8, 4) is 0 Å². The first-order chi connectivity index (χ1) is 12.4. The molecule has 26 heavy (non-hydrogen) atoms. The molecule has 0 aliphatic carbocycles. The van der Waals surface area contributed by atoms with Gasteiger partial charge in [0.25, 0.3) is 5.76 Å². The number of fused-ring (bicyclic) bond motifs is 1. The molecular formula is C18H17F2N3O2S. The summed E-state index contributed by atoms with van der Waals surface area (Å²) < 4.78 is 30.1. The lowest BCUT2D eigenvalue weighted by Gasteiger charge is -2.15. The number of aromatic nitrogens is 1. The molecule has 0 saturated carbocycles. The SMILES string of the molecule is Cc1nc2cc(NC(C)C(=O)Nc3ccc(SC(F)F)cc3)ccc2o1. The number of amides is 1. The maximum absolute atomic E-state index is 12.3. The topological polar surface area (TPSA) is 67.2 Å². The van der Waals surface area contributed by atoms with Crippen molar-refractivity contribution >= 4 is 40.1 Å². The van der Waals surface area contributed by atoms with Crippen molar-refractivity contribution in [3.63, 3.8) is 0 Å². The van der Waals surface area contributed by atoms with Gasteiger partial charge in [-0.15, -0.1) is 0 Å². The Morgan fingerprint density at radius 1 is 1.15 bits per heavy atom. The Morgan fingerprint density at radius 3 is 2.54 bits per heavy atom. The van der Waals surface area contributed by atoms with E-state index in [1.54, 1.807) is 44.2 Å². The number of carbonyl (C=O) groups is 1. The molecule has 2 aromatic carbocycles. The van der Waals surface area contributed by atoms with E-state index in [0.29, 0.717) is 39.3 Å². The van der Waals surface area contributed by atoms with E-state index in [2.05, 4.69) is 15.6 Å². The lowest BCUT2D eigenvalue weighted by molar-refractivity contribution is -0.116. The van der Waals surface area contributed by atoms with Crippen LogP contribution in [-0.2, 0) is 4.79 Å². The lowest BCUT2D eigenvalue weighted by Crippen LogP contribution is -2.31. The van der Waals surface area contributed by atoms with Crippen molar-refractivity contribution in [2.75, 3.05) is 10.6 Å². The van der Waals surface area contributed by atoms with Crippen LogP contribution in [0.15, 0.2) is 51.8 Å². The van der Waals surface area contributed by atoms with Crippen molar-refractivity contribution in [1.29, 1.82) is 0 Å². The van der Waals surface area contributed by atoms with Crippen molar-refractivity contribution in [2.45, 2.75) is 30.5 Å². The van der Waals surface area contributed by atoms with Crippen LogP contribution in [0.2, 0.25) is 0 Å². The first-order valence-corrected chi connectivity index (χ1v) is 8.78. The van der Waals surface area contributed by atoms with Gasteiger partial charge >= 0.3 is 0 Å². The fraction of sp³-hybridized carbons (Fsp3) is 0.222. The molecule has 8 heteroatoms. The molecule has 3 rings (SSSR count). The van der Waals surface area contributed by atoms with Crippen molar-refractivity contribution < 1.29 is 18.0 Å². The van der Waals surface area contributed by atoms with Gasteiger partial charge < -0.3 is 15.1 Å². The summed E-state index contributed by atoms with van der Waals surface area (Å²) >= 11 is 0.465. The third-order valence-electron chi connectivity index (χ3n) is 3.62. The molecule has 0 spiro atoms. The van der Waals surface area contributed by atoms with Crippen LogP contribution in [-0.4, -0.2) is 22.7 Å². The number of hydrogen-bond acceptors (Lipinski definition) is 5. The second-order valence-electron chi connectivity index (χ2n) is 5.67. The number of aryl methyl sites for hydroxylation is 1. The van der Waals surface area contributed by atoms with Crippen LogP contribution in [0.4, 0.5) is 20.2 Å². The fourth-order valence-electron chi connectivity index (χ4n) is 2.42. The zero-order valence-electron chi connectivity index (χ0n) is 14.1. The number of rotatable bonds is 6. The number of nitrogens with zero attached hydrogens (tertiary/aromatic N) is 1. The van der Waals surface area contributed by atoms with Gasteiger partial charge in [0.15, 0.2) is 11.5 Å². The van der Waals surface area contributed by atoms with Crippen LogP contribution in [0.3, 0.4) is 0 Å². The predicted molar refractivity (Wildman–Crippen MR) is 98.8 cm³/mol. The quantitative estimate of drug-likeness (QED) is 0.599. The van der Waals surface area contributed by atoms with E-state index in [1.165, 1.54) is 0 Å². The van der Waals surface area contributed by atoms with Crippen LogP contribution in [0.1, 0.15) is 12.8 Å². The molecule has 0 aliphatic rings. The second kappa shape index (κ2) is 7.74. The zero-order valence-corrected chi connectivity index (χ0v) is 14.9. The molecule has 1 amide bonds. The summed E-state index contributed by atoms with van der Waals surface area (Å²) in [6.07, 6.45) is 0. The minimum Gasteiger partial charge on any atom is -0.441 e. The Labute approximate surface area is 153 Å². The van der Waals surface area contributed by atoms with Gasteiger partial charge in [0.2, 0.25) is 5.91 Å². The van der Waals surface area contributed by atoms with Crippen molar-refractivity contribution in [1.82, 2.24) is 4.98 Å². The van der Waals surface area contributed by atoms with E-state index in [9.17, 15) is 13.6 Å². The van der Waals surface area contributed by atoms with Crippen LogP contribution in [0.5, 0.6) is 0 Å². The summed E-state index contributed by atoms with van der Waals surface area (Å²) in [5.41, 5.74) is 2.70. The van der Waals surface area contributed by atoms with E-state index in [0.717, 1.165) is 5.69 Å². The second-order valence-corrected chi connectivity index (χ2v) is 6.74. The molecule has 3 aromatic rings. The standard InChI is InChI=1S/C18H17F2N3O2S/c1-10(21-13-5-8-16-15(9-13)22-11(2)25-16)17(24)23-12-3-6-14(7-4-12)26-18(19)20/h3-10,18,21H,1-2H3,(H,23,24). The van der Waals surface area contributed by atoms with Crippen LogP contribution < -0.4 is 10.6 Å². The monoisotopic (exact) mass is 377 g/mol. The van der Waals surface area contributed by atoms with Gasteiger partial charge in [-0.05, 0) is 49.4 Å². The van der Waals surface area contributed by atoms with E-state index >= 15 is 0 Å². The molecule has 1 heterocycles. The van der Waals surface area contributed by atoms with E-state index < -0.39 is 11.8 Å². The molecule has 0 saturated heterocycles. The Morgan fingerprint density at radius 2 is 1.85 bits per heavy atom. The van der Waals surface area contributed by atoms with Crippen LogP contribution in [0, 0.1) is 6.92 Å². The van der Waals surface area contributed by atoms with Crippen molar-refractivity contribution in [3.05, 3.63) is 48.4 Å². The maximum atomic E-state index is 12.3. The number of hydrogen-bond donors (Lipinski definition) is 2. The number of benzene rings is 2. The van der Waals surface area contributed by atoms with Gasteiger partial charge in [-0.25, -0.2) is 4.98 Å². The molecular weight excluding hydrogens is 360 g/mol. The van der Waals surface area contributed by atoms with Gasteiger partial charge in [0, 0.05) is 23.2 Å². The van der Waals surface area contributed by atoms with Gasteiger partial charge in [-0.3, -0.25) is 4.79 Å². The zero-order chi connectivity index (χ0) is 18.7. The Balaban J connectivity index is 1.61. The highest BCUT2D eigenvalue weighted by atomic mass is 32.2. The summed E-state index contributed by atoms with van der Waals surface area (Å²) in [5, 5.41) is 5.86. The number of oxazole rings is 1. The number of thioether (sulfide) groups is 1. The molecule has 1 unspecified atom stereocenters. The fourth-order valence-corrected chi connectivity index (χ4v) is 2.92. The van der Waals surface area contributed by atoms with Gasteiger partial charge in [-0.2, -0.15) is 8.78 Å². The summed E-state index contributed by atoms with van der Waals surface area (Å²) in [5.74, 6) is -2.13. The summed E-state index contributed by atoms with van der Waals surface area (Å²) in [6, 6.07) is 11.2. The minimum atomic E-state index is -2.47. The molecule has 5 nitrogen and oxygen atoms in total. The molecule has 0 radical (unpaired) electrons. The molecule has 0 aliphatic heterocycles. The Kier molecular flexibility index (Phi) is 5.41. The number of carbonyl (C=O) groups excluding carboxylic acids is 1. The van der Waals surface area contributed by atoms with E-state index in [4.69, 9.17) is 4.42 Å². The van der Waals surface area contributed by atoms with Crippen LogP contribution in [0.25, 0.3) is 11.1 Å². The summed E-state index contributed by atoms with van der Waals surface area (Å²) in [7, 11) is 0. The molecule has 0 fully saturated rings. The van der Waals surface area contributed by atoms with E-state index in [-0.39, 0.29) is 5.91 Å². The first-order valence-electron chi connectivity index (χ1n) is 7.90. The van der Waals surface area contributed by atoms with E-state index in [1.807, 2.05) is 12.1 Å². The minimum absolute atomic E-state index is 0.240. The molecule has 136 valence electrons. The maximum Gasteiger partial charge on any atom is 0.288 e. The van der Waals surface area contributed by atoms with Gasteiger partial charge in [0.1, 0.15) is 11.6 Å². The van der Waals surface area contributed by atoms with Crippen LogP contribution >= 0.6 is 11.8 Å². The average Bonchev–Trinajstić information content (AvgIpc) is 2.95. The number of anilines is 2. The number of halogens is 2. The third kappa shape index (κ3) is 4.51. The molecule has 1 aromatic heterocycles. The normalized spacial score (nSPS) is 12.3. The average molecular weight is 377 g/mol. The Bertz CT molecular complexity index is 912. The Hall–Kier alpha value is -2.61. The molecule has 1 atom stereocenters. The summed E-state index contributed by atoms with van der Waals surface area (Å²) in [4.78, 5) is 17.0. The predicted octanol–water partition coefficient (Wildman–Crippen LogP) is 4.89. The van der Waals surface area contributed by atoms with Gasteiger partial charge in [-0.1, -0.05) is 11.8 Å². The lowest BCUT2D eigenvalue weighted by atomic mass is 10.2.